The molecule has 0 bridgehead atoms. The summed E-state index contributed by atoms with van der Waals surface area (Å²) in [6.45, 7) is 2.91. The Hall–Kier alpha value is -1.56. The summed E-state index contributed by atoms with van der Waals surface area (Å²) in [4.78, 5) is 13.5. The molecule has 1 aliphatic rings. The summed E-state index contributed by atoms with van der Waals surface area (Å²) in [6.07, 6.45) is 3.75. The Balaban J connectivity index is 1.94. The third-order valence-corrected chi connectivity index (χ3v) is 2.75. The number of amides is 1. The maximum atomic E-state index is 11.8. The lowest BCUT2D eigenvalue weighted by Crippen LogP contribution is -2.35. The van der Waals surface area contributed by atoms with E-state index >= 15 is 0 Å². The van der Waals surface area contributed by atoms with Gasteiger partial charge >= 0.3 is 0 Å². The quantitative estimate of drug-likeness (QED) is 0.706. The first-order chi connectivity index (χ1) is 7.46. The van der Waals surface area contributed by atoms with Gasteiger partial charge in [0.05, 0.1) is 17.5 Å². The zero-order valence-electron chi connectivity index (χ0n) is 9.26. The molecule has 1 atom stereocenters. The van der Waals surface area contributed by atoms with E-state index in [1.807, 2.05) is 0 Å². The minimum Gasteiger partial charge on any atom is -0.396 e. The van der Waals surface area contributed by atoms with Crippen LogP contribution in [0.5, 0.6) is 0 Å². The minimum atomic E-state index is -0.751. The number of aromatic nitrogens is 2. The molecule has 1 fully saturated rings. The van der Waals surface area contributed by atoms with Crippen LogP contribution < -0.4 is 5.73 Å². The second kappa shape index (κ2) is 3.79. The van der Waals surface area contributed by atoms with E-state index in [9.17, 15) is 9.90 Å². The van der Waals surface area contributed by atoms with Crippen molar-refractivity contribution in [2.24, 2.45) is 0 Å². The van der Waals surface area contributed by atoms with Gasteiger partial charge in [0.1, 0.15) is 6.54 Å². The number of aliphatic hydroxyl groups is 1. The highest BCUT2D eigenvalue weighted by Crippen LogP contribution is 2.20. The summed E-state index contributed by atoms with van der Waals surface area (Å²) >= 11 is 0. The fraction of sp³-hybridized carbons (Fsp3) is 0.600. The molecule has 1 aromatic heterocycles. The fourth-order valence-electron chi connectivity index (χ4n) is 1.86. The summed E-state index contributed by atoms with van der Waals surface area (Å²) in [5.41, 5.74) is 5.29. The van der Waals surface area contributed by atoms with E-state index in [-0.39, 0.29) is 12.5 Å². The number of nitrogens with two attached hydrogens (primary N) is 1. The summed E-state index contributed by atoms with van der Waals surface area (Å²) in [5, 5.41) is 13.7. The van der Waals surface area contributed by atoms with Crippen LogP contribution in [0.2, 0.25) is 0 Å². The lowest BCUT2D eigenvalue weighted by molar-refractivity contribution is -0.131. The van der Waals surface area contributed by atoms with Gasteiger partial charge in [0, 0.05) is 19.3 Å². The van der Waals surface area contributed by atoms with Crippen molar-refractivity contribution in [3.05, 3.63) is 12.4 Å². The van der Waals surface area contributed by atoms with Crippen LogP contribution in [0.3, 0.4) is 0 Å². The monoisotopic (exact) mass is 224 g/mol. The minimum absolute atomic E-state index is 0.0409. The topological polar surface area (TPSA) is 84.4 Å². The molecule has 0 saturated carbocycles. The van der Waals surface area contributed by atoms with Gasteiger partial charge in [0.15, 0.2) is 0 Å². The van der Waals surface area contributed by atoms with Crippen LogP contribution in [0.25, 0.3) is 0 Å². The van der Waals surface area contributed by atoms with E-state index < -0.39 is 5.60 Å². The predicted octanol–water partition coefficient (Wildman–Crippen LogP) is -0.551. The summed E-state index contributed by atoms with van der Waals surface area (Å²) in [5.74, 6) is -0.0409. The first kappa shape index (κ1) is 10.9. The summed E-state index contributed by atoms with van der Waals surface area (Å²) in [6, 6.07) is 0. The maximum absolute atomic E-state index is 11.8. The number of anilines is 1. The van der Waals surface area contributed by atoms with Gasteiger partial charge in [0.2, 0.25) is 5.91 Å². The van der Waals surface area contributed by atoms with E-state index in [0.29, 0.717) is 25.2 Å². The lowest BCUT2D eigenvalue weighted by atomic mass is 10.1. The number of hydrogen-bond donors (Lipinski definition) is 2. The van der Waals surface area contributed by atoms with Gasteiger partial charge in [-0.2, -0.15) is 5.10 Å². The first-order valence-electron chi connectivity index (χ1n) is 5.24. The molecule has 1 unspecified atom stereocenters. The number of carbonyl (C=O) groups excluding carboxylic acids is 1. The van der Waals surface area contributed by atoms with Gasteiger partial charge in [-0.1, -0.05) is 0 Å². The second-order valence-electron chi connectivity index (χ2n) is 4.53. The van der Waals surface area contributed by atoms with Gasteiger partial charge in [-0.3, -0.25) is 9.48 Å². The average Bonchev–Trinajstić information content (AvgIpc) is 2.72. The lowest BCUT2D eigenvalue weighted by Gasteiger charge is -2.18. The van der Waals surface area contributed by atoms with Crippen LogP contribution >= 0.6 is 0 Å². The van der Waals surface area contributed by atoms with Crippen molar-refractivity contribution in [1.82, 2.24) is 14.7 Å². The van der Waals surface area contributed by atoms with Crippen LogP contribution in [0.15, 0.2) is 12.4 Å². The number of nitrogens with zero attached hydrogens (tertiary/aromatic N) is 3. The third kappa shape index (κ3) is 2.33. The Kier molecular flexibility index (Phi) is 2.59. The Labute approximate surface area is 93.6 Å². The van der Waals surface area contributed by atoms with Crippen LogP contribution in [-0.4, -0.2) is 44.4 Å². The number of rotatable bonds is 2. The number of nitrogen functional groups attached to an aromatic ring is 1. The zero-order valence-corrected chi connectivity index (χ0v) is 9.26. The Bertz CT molecular complexity index is 399. The van der Waals surface area contributed by atoms with Crippen LogP contribution in [-0.2, 0) is 11.3 Å². The second-order valence-corrected chi connectivity index (χ2v) is 4.53. The van der Waals surface area contributed by atoms with Crippen molar-refractivity contribution in [1.29, 1.82) is 0 Å². The molecule has 88 valence electrons. The van der Waals surface area contributed by atoms with E-state index in [1.165, 1.54) is 10.9 Å². The Morgan fingerprint density at radius 3 is 3.00 bits per heavy atom. The first-order valence-corrected chi connectivity index (χ1v) is 5.24. The van der Waals surface area contributed by atoms with Crippen molar-refractivity contribution < 1.29 is 9.90 Å². The van der Waals surface area contributed by atoms with Crippen LogP contribution in [0, 0.1) is 0 Å². The standard InChI is InChI=1S/C10H16N4O2/c1-10(16)2-3-13(7-10)9(15)6-14-5-8(11)4-12-14/h4-5,16H,2-3,6-7,11H2,1H3. The number of hydrogen-bond acceptors (Lipinski definition) is 4. The van der Waals surface area contributed by atoms with Gasteiger partial charge in [0.25, 0.3) is 0 Å². The van der Waals surface area contributed by atoms with Crippen molar-refractivity contribution in [3.63, 3.8) is 0 Å². The fourth-order valence-corrected chi connectivity index (χ4v) is 1.86. The van der Waals surface area contributed by atoms with Crippen LogP contribution in [0.4, 0.5) is 5.69 Å². The molecule has 2 rings (SSSR count). The SMILES string of the molecule is CC1(O)CCN(C(=O)Cn2cc(N)cn2)C1. The van der Waals surface area contributed by atoms with Gasteiger partial charge in [-0.15, -0.1) is 0 Å². The Morgan fingerprint density at radius 2 is 2.50 bits per heavy atom. The molecule has 2 heterocycles. The largest absolute Gasteiger partial charge is 0.396 e. The Morgan fingerprint density at radius 1 is 1.75 bits per heavy atom. The van der Waals surface area contributed by atoms with Crippen molar-refractivity contribution in [2.45, 2.75) is 25.5 Å². The van der Waals surface area contributed by atoms with E-state index in [0.717, 1.165) is 0 Å². The normalized spacial score (nSPS) is 25.0. The zero-order chi connectivity index (χ0) is 11.8. The molecular formula is C10H16N4O2. The highest BCUT2D eigenvalue weighted by atomic mass is 16.3. The molecule has 0 aliphatic carbocycles. The molecule has 3 N–H and O–H groups in total. The third-order valence-electron chi connectivity index (χ3n) is 2.75. The van der Waals surface area contributed by atoms with E-state index in [1.54, 1.807) is 18.0 Å². The molecule has 1 saturated heterocycles. The van der Waals surface area contributed by atoms with Crippen molar-refractivity contribution in [3.8, 4) is 0 Å². The molecule has 1 aliphatic heterocycles. The van der Waals surface area contributed by atoms with Gasteiger partial charge in [-0.25, -0.2) is 0 Å². The van der Waals surface area contributed by atoms with E-state index in [4.69, 9.17) is 5.73 Å². The molecule has 6 heteroatoms. The molecule has 6 nitrogen and oxygen atoms in total. The maximum Gasteiger partial charge on any atom is 0.244 e. The summed E-state index contributed by atoms with van der Waals surface area (Å²) < 4.78 is 1.50. The predicted molar refractivity (Wildman–Crippen MR) is 58.5 cm³/mol. The molecule has 1 aromatic rings. The number of carbonyl (C=O) groups is 1. The van der Waals surface area contributed by atoms with Crippen LogP contribution in [0.1, 0.15) is 13.3 Å². The van der Waals surface area contributed by atoms with E-state index in [2.05, 4.69) is 5.10 Å². The van der Waals surface area contributed by atoms with Crippen molar-refractivity contribution >= 4 is 11.6 Å². The molecule has 0 spiro atoms. The molecule has 1 amide bonds. The highest BCUT2D eigenvalue weighted by Gasteiger charge is 2.33. The molecule has 16 heavy (non-hydrogen) atoms. The molecular weight excluding hydrogens is 208 g/mol. The number of β-amino-alcohol motifs (C(OH)–C–C–N with tert-alkyl or cyclic N) is 1. The van der Waals surface area contributed by atoms with Gasteiger partial charge < -0.3 is 15.7 Å². The van der Waals surface area contributed by atoms with Gasteiger partial charge in [-0.05, 0) is 13.3 Å². The average molecular weight is 224 g/mol. The number of likely N-dealkylation sites (tertiary alicyclic amines) is 1. The molecule has 0 aromatic carbocycles. The summed E-state index contributed by atoms with van der Waals surface area (Å²) in [7, 11) is 0. The molecule has 0 radical (unpaired) electrons. The van der Waals surface area contributed by atoms with Crippen molar-refractivity contribution in [2.75, 3.05) is 18.8 Å². The smallest absolute Gasteiger partial charge is 0.244 e. The highest BCUT2D eigenvalue weighted by molar-refractivity contribution is 5.76.